The molecule has 0 aliphatic heterocycles. The van der Waals surface area contributed by atoms with Crippen molar-refractivity contribution in [3.8, 4) is 11.5 Å². The molecule has 0 aliphatic rings. The third kappa shape index (κ3) is 4.37. The number of ether oxygens (including phenoxy) is 2. The van der Waals surface area contributed by atoms with Crippen molar-refractivity contribution in [1.29, 1.82) is 0 Å². The monoisotopic (exact) mass is 309 g/mol. The molecule has 1 heterocycles. The highest BCUT2D eigenvalue weighted by molar-refractivity contribution is 6.30. The zero-order valence-electron chi connectivity index (χ0n) is 12.5. The average Bonchev–Trinajstić information content (AvgIpc) is 2.89. The van der Waals surface area contributed by atoms with Crippen LogP contribution in [-0.4, -0.2) is 42.5 Å². The van der Waals surface area contributed by atoms with Crippen molar-refractivity contribution >= 4 is 11.6 Å². The fourth-order valence-electron chi connectivity index (χ4n) is 2.09. The number of hydrogen-bond donors (Lipinski definition) is 0. The predicted molar refractivity (Wildman–Crippen MR) is 83.1 cm³/mol. The number of halogens is 1. The first-order chi connectivity index (χ1) is 10.1. The summed E-state index contributed by atoms with van der Waals surface area (Å²) in [7, 11) is 5.34. The quantitative estimate of drug-likeness (QED) is 0.788. The zero-order chi connectivity index (χ0) is 15.2. The van der Waals surface area contributed by atoms with E-state index in [9.17, 15) is 0 Å². The van der Waals surface area contributed by atoms with Gasteiger partial charge in [-0.1, -0.05) is 17.7 Å². The maximum Gasteiger partial charge on any atom is 0.160 e. The Kier molecular flexibility index (Phi) is 5.47. The highest BCUT2D eigenvalue weighted by Gasteiger charge is 2.06. The summed E-state index contributed by atoms with van der Waals surface area (Å²) in [5, 5.41) is 4.82. The highest BCUT2D eigenvalue weighted by atomic mass is 35.5. The van der Waals surface area contributed by atoms with Gasteiger partial charge in [-0.3, -0.25) is 9.58 Å². The Morgan fingerprint density at radius 2 is 2.00 bits per heavy atom. The Morgan fingerprint density at radius 1 is 1.24 bits per heavy atom. The van der Waals surface area contributed by atoms with E-state index in [-0.39, 0.29) is 0 Å². The molecule has 2 rings (SSSR count). The van der Waals surface area contributed by atoms with Crippen molar-refractivity contribution in [2.75, 3.05) is 27.8 Å². The topological polar surface area (TPSA) is 39.5 Å². The Morgan fingerprint density at radius 3 is 2.62 bits per heavy atom. The number of methoxy groups -OCH3 is 2. The fraction of sp³-hybridized carbons (Fsp3) is 0.400. The molecular formula is C15H20ClN3O2. The minimum Gasteiger partial charge on any atom is -0.493 e. The van der Waals surface area contributed by atoms with Crippen molar-refractivity contribution in [2.45, 2.75) is 13.1 Å². The molecule has 0 radical (unpaired) electrons. The smallest absolute Gasteiger partial charge is 0.160 e. The summed E-state index contributed by atoms with van der Waals surface area (Å²) in [5.41, 5.74) is 1.21. The van der Waals surface area contributed by atoms with E-state index in [2.05, 4.69) is 23.1 Å². The van der Waals surface area contributed by atoms with Gasteiger partial charge in [0.2, 0.25) is 0 Å². The van der Waals surface area contributed by atoms with Crippen LogP contribution in [0.15, 0.2) is 30.6 Å². The molecular weight excluding hydrogens is 290 g/mol. The van der Waals surface area contributed by atoms with Crippen LogP contribution in [0.1, 0.15) is 5.56 Å². The van der Waals surface area contributed by atoms with E-state index in [4.69, 9.17) is 21.1 Å². The highest BCUT2D eigenvalue weighted by Crippen LogP contribution is 2.27. The molecule has 0 bridgehead atoms. The normalized spacial score (nSPS) is 10.9. The first kappa shape index (κ1) is 15.7. The van der Waals surface area contributed by atoms with E-state index in [0.717, 1.165) is 24.5 Å². The summed E-state index contributed by atoms with van der Waals surface area (Å²) in [6, 6.07) is 6.00. The minimum absolute atomic E-state index is 0.656. The standard InChI is InChI=1S/C15H20ClN3O2/c1-18(11-19-10-13(16)9-17-19)7-6-12-4-5-14(20-2)15(8-12)21-3/h4-5,8-10H,6-7,11H2,1-3H3. The number of benzene rings is 1. The van der Waals surface area contributed by atoms with Crippen LogP contribution < -0.4 is 9.47 Å². The number of hydrogen-bond acceptors (Lipinski definition) is 4. The number of nitrogens with zero attached hydrogens (tertiary/aromatic N) is 3. The van der Waals surface area contributed by atoms with Crippen molar-refractivity contribution in [1.82, 2.24) is 14.7 Å². The van der Waals surface area contributed by atoms with Gasteiger partial charge in [0.05, 0.1) is 32.1 Å². The second-order valence-corrected chi connectivity index (χ2v) is 5.29. The Balaban J connectivity index is 1.90. The van der Waals surface area contributed by atoms with Crippen LogP contribution in [0.3, 0.4) is 0 Å². The zero-order valence-corrected chi connectivity index (χ0v) is 13.3. The predicted octanol–water partition coefficient (Wildman–Crippen LogP) is 2.69. The summed E-state index contributed by atoms with van der Waals surface area (Å²) in [4.78, 5) is 2.18. The second-order valence-electron chi connectivity index (χ2n) is 4.86. The van der Waals surface area contributed by atoms with Gasteiger partial charge in [0, 0.05) is 12.7 Å². The summed E-state index contributed by atoms with van der Waals surface area (Å²) in [5.74, 6) is 1.51. The summed E-state index contributed by atoms with van der Waals surface area (Å²) >= 11 is 5.85. The SMILES string of the molecule is COc1ccc(CCN(C)Cn2cc(Cl)cn2)cc1OC. The van der Waals surface area contributed by atoms with Gasteiger partial charge < -0.3 is 9.47 Å². The average molecular weight is 310 g/mol. The van der Waals surface area contributed by atoms with Crippen LogP contribution in [0.5, 0.6) is 11.5 Å². The van der Waals surface area contributed by atoms with Gasteiger partial charge in [0.1, 0.15) is 0 Å². The first-order valence-electron chi connectivity index (χ1n) is 6.69. The molecule has 0 unspecified atom stereocenters. The maximum absolute atomic E-state index is 5.85. The Hall–Kier alpha value is -1.72. The molecule has 6 heteroatoms. The van der Waals surface area contributed by atoms with E-state index in [1.54, 1.807) is 20.4 Å². The van der Waals surface area contributed by atoms with Gasteiger partial charge >= 0.3 is 0 Å². The lowest BCUT2D eigenvalue weighted by molar-refractivity contribution is 0.257. The fourth-order valence-corrected chi connectivity index (χ4v) is 2.25. The molecule has 1 aromatic carbocycles. The number of likely N-dealkylation sites (N-methyl/N-ethyl adjacent to an activating group) is 1. The molecule has 0 atom stereocenters. The molecule has 114 valence electrons. The summed E-state index contributed by atoms with van der Waals surface area (Å²) in [6.07, 6.45) is 4.38. The molecule has 0 aliphatic carbocycles. The van der Waals surface area contributed by atoms with Gasteiger partial charge in [-0.2, -0.15) is 5.10 Å². The van der Waals surface area contributed by atoms with E-state index >= 15 is 0 Å². The Bertz CT molecular complexity index is 586. The first-order valence-corrected chi connectivity index (χ1v) is 7.07. The molecule has 2 aromatic rings. The number of rotatable bonds is 7. The van der Waals surface area contributed by atoms with Crippen molar-refractivity contribution in [2.24, 2.45) is 0 Å². The molecule has 0 fully saturated rings. The third-order valence-electron chi connectivity index (χ3n) is 3.22. The third-order valence-corrected chi connectivity index (χ3v) is 3.41. The van der Waals surface area contributed by atoms with E-state index < -0.39 is 0 Å². The minimum atomic E-state index is 0.656. The van der Waals surface area contributed by atoms with E-state index in [1.807, 2.05) is 23.0 Å². The van der Waals surface area contributed by atoms with Gasteiger partial charge in [0.15, 0.2) is 11.5 Å². The van der Waals surface area contributed by atoms with Crippen LogP contribution in [-0.2, 0) is 13.1 Å². The summed E-state index contributed by atoms with van der Waals surface area (Å²) in [6.45, 7) is 1.62. The molecule has 5 nitrogen and oxygen atoms in total. The van der Waals surface area contributed by atoms with Crippen LogP contribution in [0.2, 0.25) is 5.02 Å². The van der Waals surface area contributed by atoms with E-state index in [0.29, 0.717) is 11.7 Å². The lowest BCUT2D eigenvalue weighted by atomic mass is 10.1. The Labute approximate surface area is 130 Å². The maximum atomic E-state index is 5.85. The van der Waals surface area contributed by atoms with Crippen LogP contribution in [0, 0.1) is 0 Å². The molecule has 21 heavy (non-hydrogen) atoms. The number of aromatic nitrogens is 2. The van der Waals surface area contributed by atoms with Crippen molar-refractivity contribution in [3.05, 3.63) is 41.2 Å². The van der Waals surface area contributed by atoms with Gasteiger partial charge in [-0.15, -0.1) is 0 Å². The van der Waals surface area contributed by atoms with Crippen molar-refractivity contribution in [3.63, 3.8) is 0 Å². The second kappa shape index (κ2) is 7.33. The molecule has 1 aromatic heterocycles. The molecule has 0 saturated carbocycles. The molecule has 0 saturated heterocycles. The van der Waals surface area contributed by atoms with Crippen LogP contribution in [0.25, 0.3) is 0 Å². The summed E-state index contributed by atoms with van der Waals surface area (Å²) < 4.78 is 12.4. The molecule has 0 amide bonds. The van der Waals surface area contributed by atoms with E-state index in [1.165, 1.54) is 5.56 Å². The van der Waals surface area contributed by atoms with Gasteiger partial charge in [0.25, 0.3) is 0 Å². The molecule has 0 N–H and O–H groups in total. The van der Waals surface area contributed by atoms with Gasteiger partial charge in [-0.05, 0) is 31.2 Å². The van der Waals surface area contributed by atoms with Crippen molar-refractivity contribution < 1.29 is 9.47 Å². The lowest BCUT2D eigenvalue weighted by Gasteiger charge is -2.17. The van der Waals surface area contributed by atoms with Crippen LogP contribution >= 0.6 is 11.6 Å². The largest absolute Gasteiger partial charge is 0.493 e. The van der Waals surface area contributed by atoms with Gasteiger partial charge in [-0.25, -0.2) is 0 Å². The lowest BCUT2D eigenvalue weighted by Crippen LogP contribution is -2.24. The van der Waals surface area contributed by atoms with Crippen LogP contribution in [0.4, 0.5) is 0 Å². The molecule has 0 spiro atoms.